The molecule has 32 heavy (non-hydrogen) atoms. The minimum atomic E-state index is -0.274. The second kappa shape index (κ2) is 9.82. The van der Waals surface area contributed by atoms with E-state index in [1.54, 1.807) is 38.5 Å². The van der Waals surface area contributed by atoms with Gasteiger partial charge in [-0.05, 0) is 61.2 Å². The SMILES string of the molecule is COc1ccc(CCNC(=O)C2CCc3sc(NC(=O)c4ccc(OC)cc4)nc32)cc1. The summed E-state index contributed by atoms with van der Waals surface area (Å²) in [6.45, 7) is 0.558. The number of hydrogen-bond acceptors (Lipinski definition) is 6. The molecule has 8 heteroatoms. The first-order chi connectivity index (χ1) is 15.6. The Labute approximate surface area is 190 Å². The van der Waals surface area contributed by atoms with Gasteiger partial charge in [-0.25, -0.2) is 4.98 Å². The number of benzene rings is 2. The van der Waals surface area contributed by atoms with Crippen LogP contribution in [0.4, 0.5) is 5.13 Å². The van der Waals surface area contributed by atoms with Gasteiger partial charge in [0.25, 0.3) is 5.91 Å². The highest BCUT2D eigenvalue weighted by atomic mass is 32.1. The van der Waals surface area contributed by atoms with Gasteiger partial charge >= 0.3 is 0 Å². The zero-order valence-electron chi connectivity index (χ0n) is 18.0. The van der Waals surface area contributed by atoms with Crippen molar-refractivity contribution >= 4 is 28.3 Å². The molecule has 0 bridgehead atoms. The Balaban J connectivity index is 1.33. The van der Waals surface area contributed by atoms with Crippen molar-refractivity contribution in [1.29, 1.82) is 0 Å². The molecule has 1 aliphatic carbocycles. The minimum Gasteiger partial charge on any atom is -0.497 e. The van der Waals surface area contributed by atoms with Crippen molar-refractivity contribution in [3.63, 3.8) is 0 Å². The molecule has 166 valence electrons. The summed E-state index contributed by atoms with van der Waals surface area (Å²) in [5.41, 5.74) is 2.44. The van der Waals surface area contributed by atoms with Gasteiger partial charge in [0.05, 0.1) is 25.8 Å². The molecule has 4 rings (SSSR count). The summed E-state index contributed by atoms with van der Waals surface area (Å²) in [5.74, 6) is 0.977. The van der Waals surface area contributed by atoms with Crippen molar-refractivity contribution < 1.29 is 19.1 Å². The number of methoxy groups -OCH3 is 2. The molecule has 0 spiro atoms. The van der Waals surface area contributed by atoms with Crippen LogP contribution in [0.15, 0.2) is 48.5 Å². The molecule has 1 unspecified atom stereocenters. The monoisotopic (exact) mass is 451 g/mol. The number of aromatic nitrogens is 1. The van der Waals surface area contributed by atoms with Gasteiger partial charge in [0.15, 0.2) is 5.13 Å². The third-order valence-electron chi connectivity index (χ3n) is 5.48. The number of thiazole rings is 1. The number of nitrogens with one attached hydrogen (secondary N) is 2. The second-order valence-corrected chi connectivity index (χ2v) is 8.57. The maximum atomic E-state index is 12.7. The zero-order valence-corrected chi connectivity index (χ0v) is 18.8. The topological polar surface area (TPSA) is 89.6 Å². The predicted octanol–water partition coefficient (Wildman–Crippen LogP) is 3.80. The number of amides is 2. The zero-order chi connectivity index (χ0) is 22.5. The lowest BCUT2D eigenvalue weighted by Crippen LogP contribution is -2.30. The number of carbonyl (C=O) groups is 2. The van der Waals surface area contributed by atoms with E-state index in [-0.39, 0.29) is 17.7 Å². The average molecular weight is 452 g/mol. The highest BCUT2D eigenvalue weighted by molar-refractivity contribution is 7.16. The molecule has 0 aliphatic heterocycles. The van der Waals surface area contributed by atoms with E-state index in [2.05, 4.69) is 15.6 Å². The minimum absolute atomic E-state index is 0.0180. The molecule has 7 nitrogen and oxygen atoms in total. The maximum Gasteiger partial charge on any atom is 0.257 e. The number of carbonyl (C=O) groups excluding carboxylic acids is 2. The molecule has 1 aliphatic rings. The van der Waals surface area contributed by atoms with Crippen LogP contribution in [0, 0.1) is 0 Å². The molecule has 0 saturated carbocycles. The summed E-state index contributed by atoms with van der Waals surface area (Å²) in [6.07, 6.45) is 2.28. The molecule has 1 aromatic heterocycles. The van der Waals surface area contributed by atoms with Crippen LogP contribution in [0.5, 0.6) is 11.5 Å². The van der Waals surface area contributed by atoms with Crippen LogP contribution in [0.25, 0.3) is 0 Å². The fraction of sp³-hybridized carbons (Fsp3) is 0.292. The Morgan fingerprint density at radius 2 is 1.69 bits per heavy atom. The van der Waals surface area contributed by atoms with Crippen molar-refractivity contribution in [2.75, 3.05) is 26.1 Å². The predicted molar refractivity (Wildman–Crippen MR) is 124 cm³/mol. The molecule has 3 aromatic rings. The number of ether oxygens (including phenoxy) is 2. The summed E-state index contributed by atoms with van der Waals surface area (Å²) in [7, 11) is 3.22. The first-order valence-electron chi connectivity index (χ1n) is 10.4. The van der Waals surface area contributed by atoms with Crippen LogP contribution >= 0.6 is 11.3 Å². The van der Waals surface area contributed by atoms with Crippen molar-refractivity contribution in [3.8, 4) is 11.5 Å². The van der Waals surface area contributed by atoms with Gasteiger partial charge in [0.1, 0.15) is 11.5 Å². The average Bonchev–Trinajstić information content (AvgIpc) is 3.39. The fourth-order valence-electron chi connectivity index (χ4n) is 3.69. The number of rotatable bonds is 8. The molecular formula is C24H25N3O4S. The molecule has 1 heterocycles. The smallest absolute Gasteiger partial charge is 0.257 e. The van der Waals surface area contributed by atoms with Crippen LogP contribution in [0.2, 0.25) is 0 Å². The molecule has 0 saturated heterocycles. The summed E-state index contributed by atoms with van der Waals surface area (Å²) in [6, 6.07) is 14.7. The van der Waals surface area contributed by atoms with Crippen molar-refractivity contribution in [3.05, 3.63) is 70.2 Å². The highest BCUT2D eigenvalue weighted by Crippen LogP contribution is 2.38. The van der Waals surface area contributed by atoms with Gasteiger partial charge in [-0.15, -0.1) is 11.3 Å². The Morgan fingerprint density at radius 1 is 1.03 bits per heavy atom. The number of aryl methyl sites for hydroxylation is 1. The quantitative estimate of drug-likeness (QED) is 0.544. The first-order valence-corrected chi connectivity index (χ1v) is 11.2. The Bertz CT molecular complexity index is 1090. The van der Waals surface area contributed by atoms with E-state index in [1.807, 2.05) is 24.3 Å². The van der Waals surface area contributed by atoms with Gasteiger partial charge in [-0.2, -0.15) is 0 Å². The molecular weight excluding hydrogens is 426 g/mol. The molecule has 0 radical (unpaired) electrons. The van der Waals surface area contributed by atoms with Crippen LogP contribution in [0.1, 0.15) is 38.8 Å². The van der Waals surface area contributed by atoms with Crippen molar-refractivity contribution in [1.82, 2.24) is 10.3 Å². The maximum absolute atomic E-state index is 12.7. The molecule has 2 amide bonds. The fourth-order valence-corrected chi connectivity index (χ4v) is 4.73. The van der Waals surface area contributed by atoms with Crippen molar-refractivity contribution in [2.45, 2.75) is 25.2 Å². The van der Waals surface area contributed by atoms with Gasteiger partial charge in [0, 0.05) is 17.0 Å². The van der Waals surface area contributed by atoms with E-state index in [0.29, 0.717) is 23.0 Å². The summed E-state index contributed by atoms with van der Waals surface area (Å²) >= 11 is 1.44. The Kier molecular flexibility index (Phi) is 6.70. The van der Waals surface area contributed by atoms with Crippen LogP contribution in [0.3, 0.4) is 0 Å². The van der Waals surface area contributed by atoms with E-state index >= 15 is 0 Å². The lowest BCUT2D eigenvalue weighted by Gasteiger charge is -2.11. The summed E-state index contributed by atoms with van der Waals surface area (Å²) < 4.78 is 10.3. The highest BCUT2D eigenvalue weighted by Gasteiger charge is 2.32. The number of hydrogen-bond donors (Lipinski definition) is 2. The van der Waals surface area contributed by atoms with Gasteiger partial charge in [0.2, 0.25) is 5.91 Å². The molecule has 0 fully saturated rings. The van der Waals surface area contributed by atoms with Crippen LogP contribution in [-0.4, -0.2) is 37.6 Å². The van der Waals surface area contributed by atoms with Gasteiger partial charge in [-0.1, -0.05) is 12.1 Å². The van der Waals surface area contributed by atoms with Crippen LogP contribution in [-0.2, 0) is 17.6 Å². The van der Waals surface area contributed by atoms with Gasteiger partial charge in [-0.3, -0.25) is 14.9 Å². The van der Waals surface area contributed by atoms with Crippen LogP contribution < -0.4 is 20.1 Å². The first kappa shape index (κ1) is 21.8. The standard InChI is InChI=1S/C24H25N3O4S/c1-30-17-7-3-15(4-8-17)13-14-25-23(29)19-11-12-20-21(19)26-24(32-20)27-22(28)16-5-9-18(31-2)10-6-16/h3-10,19H,11-14H2,1-2H3,(H,25,29)(H,26,27,28). The lowest BCUT2D eigenvalue weighted by atomic mass is 10.1. The molecule has 1 atom stereocenters. The van der Waals surface area contributed by atoms with E-state index in [0.717, 1.165) is 41.1 Å². The number of anilines is 1. The molecule has 2 aromatic carbocycles. The Hall–Kier alpha value is -3.39. The molecule has 2 N–H and O–H groups in total. The van der Waals surface area contributed by atoms with E-state index in [1.165, 1.54) is 11.3 Å². The van der Waals surface area contributed by atoms with Gasteiger partial charge < -0.3 is 14.8 Å². The Morgan fingerprint density at radius 3 is 2.34 bits per heavy atom. The normalized spacial score (nSPS) is 14.5. The van der Waals surface area contributed by atoms with E-state index < -0.39 is 0 Å². The summed E-state index contributed by atoms with van der Waals surface area (Å²) in [5, 5.41) is 6.39. The van der Waals surface area contributed by atoms with Crippen molar-refractivity contribution in [2.24, 2.45) is 0 Å². The van der Waals surface area contributed by atoms with E-state index in [4.69, 9.17) is 9.47 Å². The summed E-state index contributed by atoms with van der Waals surface area (Å²) in [4.78, 5) is 30.9. The number of nitrogens with zero attached hydrogens (tertiary/aromatic N) is 1. The number of fused-ring (bicyclic) bond motifs is 1. The van der Waals surface area contributed by atoms with E-state index in [9.17, 15) is 9.59 Å². The second-order valence-electron chi connectivity index (χ2n) is 7.49. The third-order valence-corrected chi connectivity index (χ3v) is 6.53. The largest absolute Gasteiger partial charge is 0.497 e. The lowest BCUT2D eigenvalue weighted by molar-refractivity contribution is -0.122. The third kappa shape index (κ3) is 4.91.